The fourth-order valence-corrected chi connectivity index (χ4v) is 2.75. The summed E-state index contributed by atoms with van der Waals surface area (Å²) in [5.41, 5.74) is 8.43. The van der Waals surface area contributed by atoms with Crippen molar-refractivity contribution in [2.75, 3.05) is 12.3 Å². The zero-order chi connectivity index (χ0) is 18.7. The number of nitrogen functional groups attached to an aromatic ring is 1. The Labute approximate surface area is 156 Å². The number of fused-ring (bicyclic) bond motifs is 1. The number of hydrogen-bond donors (Lipinski definition) is 2. The van der Waals surface area contributed by atoms with Gasteiger partial charge in [-0.1, -0.05) is 43.8 Å². The van der Waals surface area contributed by atoms with Crippen molar-refractivity contribution in [2.24, 2.45) is 0 Å². The van der Waals surface area contributed by atoms with E-state index in [4.69, 9.17) is 22.7 Å². The van der Waals surface area contributed by atoms with Crippen LogP contribution in [0.2, 0.25) is 0 Å². The molecule has 3 rings (SSSR count). The van der Waals surface area contributed by atoms with Crippen molar-refractivity contribution >= 4 is 34.1 Å². The molecule has 0 saturated heterocycles. The number of nitrogens with two attached hydrogens (primary N) is 1. The Morgan fingerprint density at radius 1 is 1.38 bits per heavy atom. The third kappa shape index (κ3) is 3.75. The van der Waals surface area contributed by atoms with Crippen LogP contribution in [0.3, 0.4) is 0 Å². The SMILES string of the molecule is CCCCOc1nc(N)c2[nH]c(=O)n(Cc3cccc(C(C)=S)c3)c2n1. The first-order valence-corrected chi connectivity index (χ1v) is 8.89. The molecule has 3 N–H and O–H groups in total. The number of hydrogen-bond acceptors (Lipinski definition) is 6. The van der Waals surface area contributed by atoms with Crippen LogP contribution in [-0.2, 0) is 6.54 Å². The summed E-state index contributed by atoms with van der Waals surface area (Å²) in [4.78, 5) is 24.4. The zero-order valence-electron chi connectivity index (χ0n) is 14.8. The van der Waals surface area contributed by atoms with Crippen LogP contribution in [0.15, 0.2) is 29.1 Å². The fourth-order valence-electron chi connectivity index (χ4n) is 2.62. The van der Waals surface area contributed by atoms with Gasteiger partial charge < -0.3 is 15.5 Å². The van der Waals surface area contributed by atoms with Gasteiger partial charge in [-0.2, -0.15) is 9.97 Å². The van der Waals surface area contributed by atoms with Gasteiger partial charge in [0, 0.05) is 4.86 Å². The first kappa shape index (κ1) is 18.1. The van der Waals surface area contributed by atoms with E-state index in [0.717, 1.165) is 28.8 Å². The number of ether oxygens (including phenoxy) is 1. The molecule has 0 aliphatic carbocycles. The number of anilines is 1. The monoisotopic (exact) mass is 371 g/mol. The predicted octanol–water partition coefficient (Wildman–Crippen LogP) is 2.67. The van der Waals surface area contributed by atoms with Crippen LogP contribution in [0.1, 0.15) is 37.8 Å². The van der Waals surface area contributed by atoms with Gasteiger partial charge in [-0.3, -0.25) is 4.57 Å². The standard InChI is InChI=1S/C18H21N5O2S/c1-3-4-8-25-17-21-15(19)14-16(22-17)23(18(24)20-14)10-12-6-5-7-13(9-12)11(2)26/h5-7,9H,3-4,8,10H2,1-2H3,(H,20,24)(H2,19,21,22). The van der Waals surface area contributed by atoms with E-state index in [1.807, 2.05) is 31.2 Å². The molecule has 0 fully saturated rings. The highest BCUT2D eigenvalue weighted by molar-refractivity contribution is 7.80. The predicted molar refractivity (Wildman–Crippen MR) is 106 cm³/mol. The summed E-state index contributed by atoms with van der Waals surface area (Å²) in [6.45, 7) is 4.80. The molecule has 26 heavy (non-hydrogen) atoms. The Hall–Kier alpha value is -2.74. The van der Waals surface area contributed by atoms with Gasteiger partial charge in [-0.05, 0) is 30.5 Å². The average molecular weight is 371 g/mol. The van der Waals surface area contributed by atoms with E-state index >= 15 is 0 Å². The highest BCUT2D eigenvalue weighted by Gasteiger charge is 2.15. The highest BCUT2D eigenvalue weighted by Crippen LogP contribution is 2.19. The van der Waals surface area contributed by atoms with Crippen LogP contribution < -0.4 is 16.2 Å². The van der Waals surface area contributed by atoms with E-state index in [-0.39, 0.29) is 17.5 Å². The van der Waals surface area contributed by atoms with Crippen molar-refractivity contribution in [1.29, 1.82) is 0 Å². The van der Waals surface area contributed by atoms with E-state index in [1.54, 1.807) is 0 Å². The molecule has 0 spiro atoms. The van der Waals surface area contributed by atoms with Crippen LogP contribution in [0, 0.1) is 0 Å². The Bertz CT molecular complexity index is 1010. The lowest BCUT2D eigenvalue weighted by molar-refractivity contribution is 0.286. The van der Waals surface area contributed by atoms with Gasteiger partial charge in [-0.25, -0.2) is 4.79 Å². The third-order valence-corrected chi connectivity index (χ3v) is 4.27. The quantitative estimate of drug-likeness (QED) is 0.376. The molecule has 0 bridgehead atoms. The van der Waals surface area contributed by atoms with Crippen LogP contribution in [0.5, 0.6) is 6.01 Å². The van der Waals surface area contributed by atoms with Crippen molar-refractivity contribution in [3.63, 3.8) is 0 Å². The summed E-state index contributed by atoms with van der Waals surface area (Å²) in [6, 6.07) is 7.96. The molecular formula is C18H21N5O2S. The van der Waals surface area contributed by atoms with Gasteiger partial charge in [0.25, 0.3) is 0 Å². The Morgan fingerprint density at radius 3 is 2.92 bits per heavy atom. The molecule has 2 aromatic heterocycles. The summed E-state index contributed by atoms with van der Waals surface area (Å²) in [5, 5.41) is 0. The molecule has 2 heterocycles. The van der Waals surface area contributed by atoms with Gasteiger partial charge in [0.05, 0.1) is 13.2 Å². The van der Waals surface area contributed by atoms with Gasteiger partial charge in [0.15, 0.2) is 11.5 Å². The molecule has 0 amide bonds. The molecule has 0 unspecified atom stereocenters. The number of nitrogens with zero attached hydrogens (tertiary/aromatic N) is 3. The summed E-state index contributed by atoms with van der Waals surface area (Å²) < 4.78 is 7.08. The molecule has 0 radical (unpaired) electrons. The minimum absolute atomic E-state index is 0.180. The number of nitrogens with one attached hydrogen (secondary N) is 1. The Morgan fingerprint density at radius 2 is 2.19 bits per heavy atom. The van der Waals surface area contributed by atoms with E-state index < -0.39 is 0 Å². The smallest absolute Gasteiger partial charge is 0.328 e. The van der Waals surface area contributed by atoms with Crippen LogP contribution in [-0.4, -0.2) is 31.0 Å². The number of aromatic amines is 1. The molecule has 8 heteroatoms. The molecule has 0 aliphatic heterocycles. The van der Waals surface area contributed by atoms with Crippen molar-refractivity contribution in [3.8, 4) is 6.01 Å². The summed E-state index contributed by atoms with van der Waals surface area (Å²) in [6.07, 6.45) is 1.90. The number of aromatic nitrogens is 4. The first-order chi connectivity index (χ1) is 12.5. The average Bonchev–Trinajstić information content (AvgIpc) is 2.92. The van der Waals surface area contributed by atoms with Crippen molar-refractivity contribution < 1.29 is 4.74 Å². The highest BCUT2D eigenvalue weighted by atomic mass is 32.1. The zero-order valence-corrected chi connectivity index (χ0v) is 15.6. The fraction of sp³-hybridized carbons (Fsp3) is 0.333. The van der Waals surface area contributed by atoms with Gasteiger partial charge in [0.1, 0.15) is 5.52 Å². The topological polar surface area (TPSA) is 98.8 Å². The Kier molecular flexibility index (Phi) is 5.32. The number of benzene rings is 1. The maximum Gasteiger partial charge on any atom is 0.328 e. The van der Waals surface area contributed by atoms with Crippen LogP contribution >= 0.6 is 12.2 Å². The van der Waals surface area contributed by atoms with Gasteiger partial charge >= 0.3 is 11.7 Å². The number of thiocarbonyl (C=S) groups is 1. The maximum atomic E-state index is 12.4. The first-order valence-electron chi connectivity index (χ1n) is 8.48. The van der Waals surface area contributed by atoms with Crippen molar-refractivity contribution in [1.82, 2.24) is 19.5 Å². The number of rotatable bonds is 7. The van der Waals surface area contributed by atoms with E-state index in [1.165, 1.54) is 4.57 Å². The normalized spacial score (nSPS) is 11.0. The minimum atomic E-state index is -0.295. The third-order valence-electron chi connectivity index (χ3n) is 4.03. The maximum absolute atomic E-state index is 12.4. The second-order valence-electron chi connectivity index (χ2n) is 6.06. The minimum Gasteiger partial charge on any atom is -0.463 e. The lowest BCUT2D eigenvalue weighted by atomic mass is 10.1. The molecule has 0 atom stereocenters. The summed E-state index contributed by atoms with van der Waals surface area (Å²) >= 11 is 5.23. The van der Waals surface area contributed by atoms with E-state index in [9.17, 15) is 4.79 Å². The van der Waals surface area contributed by atoms with Gasteiger partial charge in [0.2, 0.25) is 0 Å². The van der Waals surface area contributed by atoms with Gasteiger partial charge in [-0.15, -0.1) is 0 Å². The molecule has 3 aromatic rings. The number of unbranched alkanes of at least 4 members (excludes halogenated alkanes) is 1. The van der Waals surface area contributed by atoms with E-state index in [0.29, 0.717) is 24.3 Å². The molecule has 0 aliphatic rings. The second kappa shape index (κ2) is 7.65. The van der Waals surface area contributed by atoms with E-state index in [2.05, 4.69) is 21.9 Å². The van der Waals surface area contributed by atoms with Crippen molar-refractivity contribution in [2.45, 2.75) is 33.2 Å². The van der Waals surface area contributed by atoms with Crippen molar-refractivity contribution in [3.05, 3.63) is 45.9 Å². The molecular weight excluding hydrogens is 350 g/mol. The van der Waals surface area contributed by atoms with Crippen LogP contribution in [0.25, 0.3) is 11.2 Å². The molecule has 7 nitrogen and oxygen atoms in total. The Balaban J connectivity index is 1.99. The van der Waals surface area contributed by atoms with Crippen LogP contribution in [0.4, 0.5) is 5.82 Å². The molecule has 1 aromatic carbocycles. The largest absolute Gasteiger partial charge is 0.463 e. The molecule has 136 valence electrons. The number of imidazole rings is 1. The lowest BCUT2D eigenvalue weighted by Gasteiger charge is -2.07. The number of H-pyrrole nitrogens is 1. The molecule has 0 saturated carbocycles. The summed E-state index contributed by atoms with van der Waals surface area (Å²) in [5.74, 6) is 0.195. The second-order valence-corrected chi connectivity index (χ2v) is 6.68. The lowest BCUT2D eigenvalue weighted by Crippen LogP contribution is -2.18. The summed E-state index contributed by atoms with van der Waals surface area (Å²) in [7, 11) is 0.